The number of fused-ring (bicyclic) bond motifs is 7. The van der Waals surface area contributed by atoms with Crippen molar-refractivity contribution in [3.8, 4) is 0 Å². The zero-order valence-corrected chi connectivity index (χ0v) is 22.8. The Labute approximate surface area is 214 Å². The van der Waals surface area contributed by atoms with E-state index in [1.165, 1.54) is 6.92 Å². The summed E-state index contributed by atoms with van der Waals surface area (Å²) in [6.45, 7) is 10.7. The number of ketones is 2. The molecule has 1 aliphatic heterocycles. The first-order chi connectivity index (χ1) is 16.1. The highest BCUT2D eigenvalue weighted by Crippen LogP contribution is 2.73. The molecule has 1 heterocycles. The van der Waals surface area contributed by atoms with E-state index in [0.29, 0.717) is 12.8 Å². The highest BCUT2D eigenvalue weighted by atomic mass is 79.9. The molecule has 5 rings (SSSR count). The number of aliphatic hydroxyl groups excluding tert-OH is 1. The number of carbonyl (C=O) groups is 3. The Hall–Kier alpha value is -1.35. The summed E-state index contributed by atoms with van der Waals surface area (Å²) < 4.78 is 17.3. The van der Waals surface area contributed by atoms with Gasteiger partial charge in [0.1, 0.15) is 0 Å². The van der Waals surface area contributed by atoms with E-state index in [4.69, 9.17) is 14.2 Å². The third-order valence-corrected chi connectivity index (χ3v) is 11.7. The number of Topliss-reactive ketones (excluding diaryl/α,β-unsaturated/α-hetero) is 1. The van der Waals surface area contributed by atoms with E-state index >= 15 is 0 Å². The minimum Gasteiger partial charge on any atom is -0.458 e. The van der Waals surface area contributed by atoms with E-state index in [0.717, 1.165) is 12.0 Å². The van der Waals surface area contributed by atoms with Gasteiger partial charge in [-0.05, 0) is 63.0 Å². The number of hydrogen-bond acceptors (Lipinski definition) is 7. The van der Waals surface area contributed by atoms with E-state index in [1.807, 2.05) is 13.0 Å². The van der Waals surface area contributed by atoms with E-state index in [9.17, 15) is 19.5 Å². The monoisotopic (exact) mass is 550 g/mol. The molecule has 0 radical (unpaired) electrons. The minimum absolute atomic E-state index is 0.000457. The Balaban J connectivity index is 1.62. The summed E-state index contributed by atoms with van der Waals surface area (Å²) in [5.41, 5.74) is -1.59. The van der Waals surface area contributed by atoms with E-state index in [1.54, 1.807) is 26.0 Å². The summed E-state index contributed by atoms with van der Waals surface area (Å²) in [6.07, 6.45) is 5.60. The molecular formula is C27H35BrO7. The van der Waals surface area contributed by atoms with Crippen LogP contribution in [0.5, 0.6) is 0 Å². The molecule has 3 saturated carbocycles. The summed E-state index contributed by atoms with van der Waals surface area (Å²) in [6, 6.07) is 0. The number of hydrogen-bond donors (Lipinski definition) is 1. The van der Waals surface area contributed by atoms with Crippen LogP contribution in [-0.2, 0) is 28.6 Å². The second kappa shape index (κ2) is 7.59. The van der Waals surface area contributed by atoms with Crippen LogP contribution in [0.25, 0.3) is 0 Å². The van der Waals surface area contributed by atoms with Crippen molar-refractivity contribution >= 4 is 33.5 Å². The number of allylic oxidation sites excluding steroid dienone is 4. The maximum atomic E-state index is 13.8. The average Bonchev–Trinajstić information content (AvgIpc) is 3.16. The van der Waals surface area contributed by atoms with Crippen molar-refractivity contribution < 1.29 is 33.7 Å². The number of alkyl halides is 1. The van der Waals surface area contributed by atoms with Gasteiger partial charge < -0.3 is 19.3 Å². The lowest BCUT2D eigenvalue weighted by molar-refractivity contribution is -0.222. The zero-order chi connectivity index (χ0) is 25.8. The summed E-state index contributed by atoms with van der Waals surface area (Å²) in [4.78, 5) is 37.6. The standard InChI is InChI=1S/C27H35BrO7/c1-14-9-19-18-11-22-27(35-23(3,4)34-22,21(32)13-33-15(2)29)25(18,6)12-20(31)26(19,28)24(5)8-7-16(30)10-17(14)24/h7-8,10,14,18-20,22,31H,9,11-13H2,1-6H3/t14-,18?,19?,20?,22?,24?,25?,26-,27?/m0/s1. The number of ether oxygens (including phenoxy) is 3. The van der Waals surface area contributed by atoms with Gasteiger partial charge in [0, 0.05) is 17.8 Å². The molecule has 0 aromatic carbocycles. The second-order valence-corrected chi connectivity index (χ2v) is 13.4. The number of esters is 1. The van der Waals surface area contributed by atoms with Crippen LogP contribution in [0.1, 0.15) is 60.8 Å². The Morgan fingerprint density at radius 1 is 1.20 bits per heavy atom. The van der Waals surface area contributed by atoms with Gasteiger partial charge in [-0.1, -0.05) is 48.4 Å². The molecule has 4 aliphatic carbocycles. The van der Waals surface area contributed by atoms with Gasteiger partial charge in [0.15, 0.2) is 23.8 Å². The Kier molecular flexibility index (Phi) is 5.49. The lowest BCUT2D eigenvalue weighted by Crippen LogP contribution is -2.70. The highest BCUT2D eigenvalue weighted by molar-refractivity contribution is 9.10. The molecule has 0 aromatic rings. The van der Waals surface area contributed by atoms with Crippen LogP contribution >= 0.6 is 15.9 Å². The molecule has 7 unspecified atom stereocenters. The van der Waals surface area contributed by atoms with Crippen molar-refractivity contribution in [3.05, 3.63) is 23.8 Å². The van der Waals surface area contributed by atoms with Crippen LogP contribution in [0.4, 0.5) is 0 Å². The molecule has 7 nitrogen and oxygen atoms in total. The van der Waals surface area contributed by atoms with Crippen LogP contribution in [-0.4, -0.2) is 57.2 Å². The van der Waals surface area contributed by atoms with Crippen LogP contribution in [0.3, 0.4) is 0 Å². The van der Waals surface area contributed by atoms with Gasteiger partial charge in [-0.25, -0.2) is 0 Å². The van der Waals surface area contributed by atoms with Crippen molar-refractivity contribution in [1.29, 1.82) is 0 Å². The summed E-state index contributed by atoms with van der Waals surface area (Å²) in [5, 5.41) is 11.9. The van der Waals surface area contributed by atoms with Crippen molar-refractivity contribution in [2.75, 3.05) is 6.61 Å². The van der Waals surface area contributed by atoms with Gasteiger partial charge in [-0.2, -0.15) is 0 Å². The molecule has 9 atom stereocenters. The fourth-order valence-corrected chi connectivity index (χ4v) is 9.50. The first kappa shape index (κ1) is 25.3. The molecule has 35 heavy (non-hydrogen) atoms. The molecule has 1 saturated heterocycles. The first-order valence-electron chi connectivity index (χ1n) is 12.5. The summed E-state index contributed by atoms with van der Waals surface area (Å²) in [5.74, 6) is -1.73. The number of aliphatic hydroxyl groups is 1. The Morgan fingerprint density at radius 2 is 1.89 bits per heavy atom. The van der Waals surface area contributed by atoms with Gasteiger partial charge in [0.05, 0.1) is 16.5 Å². The maximum Gasteiger partial charge on any atom is 0.303 e. The van der Waals surface area contributed by atoms with Crippen LogP contribution in [0.15, 0.2) is 23.8 Å². The smallest absolute Gasteiger partial charge is 0.303 e. The van der Waals surface area contributed by atoms with Crippen LogP contribution in [0, 0.1) is 28.6 Å². The van der Waals surface area contributed by atoms with Gasteiger partial charge >= 0.3 is 5.97 Å². The molecular weight excluding hydrogens is 516 g/mol. The lowest BCUT2D eigenvalue weighted by atomic mass is 9.44. The molecule has 4 fully saturated rings. The summed E-state index contributed by atoms with van der Waals surface area (Å²) >= 11 is 4.06. The normalized spacial score (nSPS) is 49.4. The number of halogens is 1. The number of carbonyl (C=O) groups excluding carboxylic acids is 3. The lowest BCUT2D eigenvalue weighted by Gasteiger charge is -2.65. The van der Waals surface area contributed by atoms with Crippen molar-refractivity contribution in [2.24, 2.45) is 28.6 Å². The molecule has 1 N–H and O–H groups in total. The summed E-state index contributed by atoms with van der Waals surface area (Å²) in [7, 11) is 0. The van der Waals surface area contributed by atoms with Gasteiger partial charge in [-0.15, -0.1) is 0 Å². The second-order valence-electron chi connectivity index (χ2n) is 12.1. The average molecular weight is 551 g/mol. The molecule has 5 aliphatic rings. The molecule has 0 amide bonds. The predicted octanol–water partition coefficient (Wildman–Crippen LogP) is 3.66. The largest absolute Gasteiger partial charge is 0.458 e. The predicted molar refractivity (Wildman–Crippen MR) is 131 cm³/mol. The molecule has 0 spiro atoms. The maximum absolute atomic E-state index is 13.8. The zero-order valence-electron chi connectivity index (χ0n) is 21.2. The third-order valence-electron chi connectivity index (χ3n) is 9.78. The minimum atomic E-state index is -1.33. The highest BCUT2D eigenvalue weighted by Gasteiger charge is 2.79. The number of rotatable bonds is 3. The van der Waals surface area contributed by atoms with E-state index in [2.05, 4.69) is 29.8 Å². The van der Waals surface area contributed by atoms with E-state index < -0.39 is 44.7 Å². The fraction of sp³-hybridized carbons (Fsp3) is 0.741. The van der Waals surface area contributed by atoms with E-state index in [-0.39, 0.29) is 35.9 Å². The molecule has 0 aromatic heterocycles. The van der Waals surface area contributed by atoms with Crippen LogP contribution in [0.2, 0.25) is 0 Å². The van der Waals surface area contributed by atoms with Crippen molar-refractivity contribution in [3.63, 3.8) is 0 Å². The third kappa shape index (κ3) is 3.09. The Bertz CT molecular complexity index is 1060. The SMILES string of the molecule is CC(=O)OCC(=O)C12OC(C)(C)OC1CC1C3C[C@H](C)C4=CC(=O)C=CC4(C)[C@@]3(Br)C(O)CC12C. The topological polar surface area (TPSA) is 99.1 Å². The Morgan fingerprint density at radius 3 is 2.54 bits per heavy atom. The molecule has 192 valence electrons. The quantitative estimate of drug-likeness (QED) is 0.422. The first-order valence-corrected chi connectivity index (χ1v) is 13.3. The van der Waals surface area contributed by atoms with Gasteiger partial charge in [-0.3, -0.25) is 14.4 Å². The van der Waals surface area contributed by atoms with Crippen molar-refractivity contribution in [2.45, 2.75) is 88.7 Å². The van der Waals surface area contributed by atoms with Gasteiger partial charge in [0.2, 0.25) is 5.78 Å². The molecule has 8 heteroatoms. The van der Waals surface area contributed by atoms with Crippen LogP contribution < -0.4 is 0 Å². The fourth-order valence-electron chi connectivity index (χ4n) is 8.47. The van der Waals surface area contributed by atoms with Crippen molar-refractivity contribution in [1.82, 2.24) is 0 Å². The molecule has 0 bridgehead atoms. The van der Waals surface area contributed by atoms with Gasteiger partial charge in [0.25, 0.3) is 0 Å².